The molecule has 4 heteroatoms. The number of carbonyl (C=O) groups excluding carboxylic acids is 1. The van der Waals surface area contributed by atoms with Crippen LogP contribution in [0.2, 0.25) is 0 Å². The van der Waals surface area contributed by atoms with Gasteiger partial charge in [-0.25, -0.2) is 0 Å². The lowest BCUT2D eigenvalue weighted by atomic mass is 9.98. The third-order valence-electron chi connectivity index (χ3n) is 4.28. The molecule has 1 atom stereocenters. The van der Waals surface area contributed by atoms with Gasteiger partial charge in [0.05, 0.1) is 6.54 Å². The average Bonchev–Trinajstić information content (AvgIpc) is 2.93. The Morgan fingerprint density at radius 1 is 1.53 bits per heavy atom. The molecule has 0 saturated carbocycles. The molecule has 1 saturated heterocycles. The maximum atomic E-state index is 12.4. The fourth-order valence-corrected chi connectivity index (χ4v) is 3.20. The number of hydrogen-bond donors (Lipinski definition) is 1. The Morgan fingerprint density at radius 3 is 3.00 bits per heavy atom. The Hall–Kier alpha value is -0.870. The van der Waals surface area contributed by atoms with Crippen LogP contribution in [0.15, 0.2) is 11.8 Å². The molecule has 108 valence electrons. The Kier molecular flexibility index (Phi) is 5.40. The monoisotopic (exact) mass is 265 g/mol. The van der Waals surface area contributed by atoms with Crippen LogP contribution in [0, 0.1) is 5.92 Å². The van der Waals surface area contributed by atoms with Crippen LogP contribution in [-0.2, 0) is 4.79 Å². The molecule has 0 aromatic heterocycles. The molecule has 0 radical (unpaired) electrons. The lowest BCUT2D eigenvalue weighted by Gasteiger charge is -2.33. The summed E-state index contributed by atoms with van der Waals surface area (Å²) in [4.78, 5) is 16.7. The van der Waals surface area contributed by atoms with Gasteiger partial charge in [0, 0.05) is 18.8 Å². The van der Waals surface area contributed by atoms with Gasteiger partial charge in [0.15, 0.2) is 0 Å². The highest BCUT2D eigenvalue weighted by molar-refractivity contribution is 5.80. The summed E-state index contributed by atoms with van der Waals surface area (Å²) in [5, 5.41) is 0. The first-order valence-corrected chi connectivity index (χ1v) is 7.66. The summed E-state index contributed by atoms with van der Waals surface area (Å²) < 4.78 is 0. The Bertz CT molecular complexity index is 340. The van der Waals surface area contributed by atoms with E-state index < -0.39 is 0 Å². The van der Waals surface area contributed by atoms with Crippen molar-refractivity contribution >= 4 is 5.91 Å². The number of likely N-dealkylation sites (N-methyl/N-ethyl adjacent to an activating group) is 1. The first-order valence-electron chi connectivity index (χ1n) is 7.66. The quantitative estimate of drug-likeness (QED) is 0.821. The van der Waals surface area contributed by atoms with Gasteiger partial charge in [-0.05, 0) is 58.0 Å². The summed E-state index contributed by atoms with van der Waals surface area (Å²) in [5.74, 6) is 0.829. The Labute approximate surface area is 116 Å². The summed E-state index contributed by atoms with van der Waals surface area (Å²) in [6, 6.07) is 0. The zero-order valence-electron chi connectivity index (χ0n) is 12.1. The van der Waals surface area contributed by atoms with E-state index in [0.29, 0.717) is 12.5 Å². The van der Waals surface area contributed by atoms with Crippen molar-refractivity contribution in [2.75, 3.05) is 32.7 Å². The van der Waals surface area contributed by atoms with Crippen molar-refractivity contribution in [3.63, 3.8) is 0 Å². The molecule has 0 aromatic rings. The fraction of sp³-hybridized carbons (Fsp3) is 0.800. The maximum absolute atomic E-state index is 12.4. The fourth-order valence-electron chi connectivity index (χ4n) is 3.20. The van der Waals surface area contributed by atoms with E-state index in [1.165, 1.54) is 25.0 Å². The molecule has 1 aliphatic carbocycles. The smallest absolute Gasteiger partial charge is 0.240 e. The van der Waals surface area contributed by atoms with Crippen molar-refractivity contribution in [3.8, 4) is 0 Å². The van der Waals surface area contributed by atoms with Gasteiger partial charge in [0.2, 0.25) is 5.91 Å². The zero-order chi connectivity index (χ0) is 13.7. The molecule has 19 heavy (non-hydrogen) atoms. The number of nitrogens with two attached hydrogens (primary N) is 1. The average molecular weight is 265 g/mol. The number of piperidine rings is 1. The SMILES string of the molecule is CCN(C(=O)CN1CCCC(CN)C1)C1=CCCC1. The highest BCUT2D eigenvalue weighted by atomic mass is 16.2. The van der Waals surface area contributed by atoms with Crippen LogP contribution >= 0.6 is 0 Å². The molecule has 1 amide bonds. The van der Waals surface area contributed by atoms with E-state index in [1.54, 1.807) is 0 Å². The van der Waals surface area contributed by atoms with Crippen LogP contribution < -0.4 is 5.73 Å². The summed E-state index contributed by atoms with van der Waals surface area (Å²) in [7, 11) is 0. The highest BCUT2D eigenvalue weighted by Gasteiger charge is 2.24. The summed E-state index contributed by atoms with van der Waals surface area (Å²) in [5.41, 5.74) is 6.99. The number of nitrogens with zero attached hydrogens (tertiary/aromatic N) is 2. The summed E-state index contributed by atoms with van der Waals surface area (Å²) in [6.07, 6.45) is 7.98. The van der Waals surface area contributed by atoms with E-state index in [2.05, 4.69) is 17.9 Å². The molecule has 1 fully saturated rings. The second kappa shape index (κ2) is 7.06. The summed E-state index contributed by atoms with van der Waals surface area (Å²) in [6.45, 7) is 6.18. The second-order valence-corrected chi connectivity index (χ2v) is 5.70. The molecule has 0 spiro atoms. The van der Waals surface area contributed by atoms with E-state index in [4.69, 9.17) is 5.73 Å². The van der Waals surface area contributed by atoms with E-state index in [0.717, 1.165) is 39.0 Å². The van der Waals surface area contributed by atoms with Crippen LogP contribution in [0.3, 0.4) is 0 Å². The second-order valence-electron chi connectivity index (χ2n) is 5.70. The lowest BCUT2D eigenvalue weighted by molar-refractivity contribution is -0.130. The number of hydrogen-bond acceptors (Lipinski definition) is 3. The Morgan fingerprint density at radius 2 is 2.37 bits per heavy atom. The van der Waals surface area contributed by atoms with E-state index >= 15 is 0 Å². The van der Waals surface area contributed by atoms with Gasteiger partial charge in [-0.2, -0.15) is 0 Å². The third-order valence-corrected chi connectivity index (χ3v) is 4.28. The van der Waals surface area contributed by atoms with Gasteiger partial charge >= 0.3 is 0 Å². The first kappa shape index (κ1) is 14.5. The van der Waals surface area contributed by atoms with Crippen LogP contribution in [0.5, 0.6) is 0 Å². The first-order chi connectivity index (χ1) is 9.24. The van der Waals surface area contributed by atoms with Crippen molar-refractivity contribution in [2.24, 2.45) is 11.7 Å². The van der Waals surface area contributed by atoms with Crippen LogP contribution in [-0.4, -0.2) is 48.4 Å². The van der Waals surface area contributed by atoms with Gasteiger partial charge in [-0.15, -0.1) is 0 Å². The van der Waals surface area contributed by atoms with Gasteiger partial charge in [-0.1, -0.05) is 6.08 Å². The predicted octanol–water partition coefficient (Wildman–Crippen LogP) is 1.57. The molecule has 1 aliphatic heterocycles. The molecule has 0 aromatic carbocycles. The van der Waals surface area contributed by atoms with Crippen molar-refractivity contribution < 1.29 is 4.79 Å². The van der Waals surface area contributed by atoms with E-state index in [1.807, 2.05) is 4.90 Å². The molecular weight excluding hydrogens is 238 g/mol. The largest absolute Gasteiger partial charge is 0.330 e. The summed E-state index contributed by atoms with van der Waals surface area (Å²) >= 11 is 0. The topological polar surface area (TPSA) is 49.6 Å². The maximum Gasteiger partial charge on any atom is 0.240 e. The number of carbonyl (C=O) groups is 1. The lowest BCUT2D eigenvalue weighted by Crippen LogP contribution is -2.45. The minimum Gasteiger partial charge on any atom is -0.330 e. The number of likely N-dealkylation sites (tertiary alicyclic amines) is 1. The normalized spacial score (nSPS) is 24.3. The minimum atomic E-state index is 0.258. The van der Waals surface area contributed by atoms with Crippen molar-refractivity contribution in [1.82, 2.24) is 9.80 Å². The van der Waals surface area contributed by atoms with Gasteiger partial charge in [0.1, 0.15) is 0 Å². The number of rotatable bonds is 5. The number of allylic oxidation sites excluding steroid dienone is 2. The molecule has 4 nitrogen and oxygen atoms in total. The molecule has 2 rings (SSSR count). The number of amides is 1. The van der Waals surface area contributed by atoms with Crippen molar-refractivity contribution in [1.29, 1.82) is 0 Å². The van der Waals surface area contributed by atoms with Crippen LogP contribution in [0.25, 0.3) is 0 Å². The molecule has 2 N–H and O–H groups in total. The zero-order valence-corrected chi connectivity index (χ0v) is 12.1. The standard InChI is InChI=1S/C15H27N3O/c1-2-18(14-7-3-4-8-14)15(19)12-17-9-5-6-13(10-16)11-17/h7,13H,2-6,8-12,16H2,1H3. The van der Waals surface area contributed by atoms with Crippen molar-refractivity contribution in [2.45, 2.75) is 39.0 Å². The molecular formula is C15H27N3O. The molecule has 0 bridgehead atoms. The third kappa shape index (κ3) is 3.80. The van der Waals surface area contributed by atoms with Crippen molar-refractivity contribution in [3.05, 3.63) is 11.8 Å². The van der Waals surface area contributed by atoms with E-state index in [-0.39, 0.29) is 5.91 Å². The molecule has 1 heterocycles. The van der Waals surface area contributed by atoms with Gasteiger partial charge in [-0.3, -0.25) is 9.69 Å². The predicted molar refractivity (Wildman–Crippen MR) is 77.5 cm³/mol. The Balaban J connectivity index is 1.88. The van der Waals surface area contributed by atoms with E-state index in [9.17, 15) is 4.79 Å². The molecule has 1 unspecified atom stereocenters. The molecule has 2 aliphatic rings. The van der Waals surface area contributed by atoms with Gasteiger partial charge in [0.25, 0.3) is 0 Å². The minimum absolute atomic E-state index is 0.258. The highest BCUT2D eigenvalue weighted by Crippen LogP contribution is 2.22. The van der Waals surface area contributed by atoms with Crippen LogP contribution in [0.4, 0.5) is 0 Å². The van der Waals surface area contributed by atoms with Gasteiger partial charge < -0.3 is 10.6 Å². The van der Waals surface area contributed by atoms with Crippen LogP contribution in [0.1, 0.15) is 39.0 Å².